The zero-order valence-corrected chi connectivity index (χ0v) is 12.4. The van der Waals surface area contributed by atoms with Gasteiger partial charge in [-0.1, -0.05) is 25.2 Å². The molecular formula is C16H22O4. The lowest BCUT2D eigenvalue weighted by Gasteiger charge is -2.31. The molecule has 2 rings (SSSR count). The second-order valence-electron chi connectivity index (χ2n) is 6.13. The Morgan fingerprint density at radius 3 is 2.65 bits per heavy atom. The number of rotatable bonds is 2. The summed E-state index contributed by atoms with van der Waals surface area (Å²) in [5, 5.41) is 0. The van der Waals surface area contributed by atoms with Crippen molar-refractivity contribution < 1.29 is 19.1 Å². The highest BCUT2D eigenvalue weighted by Crippen LogP contribution is 2.55. The van der Waals surface area contributed by atoms with Crippen LogP contribution in [0.4, 0.5) is 0 Å². The van der Waals surface area contributed by atoms with E-state index < -0.39 is 0 Å². The maximum absolute atomic E-state index is 11.8. The van der Waals surface area contributed by atoms with Crippen LogP contribution in [0, 0.1) is 17.3 Å². The van der Waals surface area contributed by atoms with Gasteiger partial charge in [0, 0.05) is 5.57 Å². The van der Waals surface area contributed by atoms with E-state index in [1.807, 2.05) is 6.08 Å². The van der Waals surface area contributed by atoms with Gasteiger partial charge in [-0.3, -0.25) is 4.79 Å². The number of carbonyl (C=O) groups excluding carboxylic acids is 2. The average Bonchev–Trinajstić information content (AvgIpc) is 2.73. The SMILES string of the molecule is C=C1CC=C(C(=O)OC)C[C@]2(C)CC(C(=O)OC)C[C@H]12. The normalized spacial score (nSPS) is 33.0. The first kappa shape index (κ1) is 14.8. The van der Waals surface area contributed by atoms with Gasteiger partial charge in [0.15, 0.2) is 0 Å². The molecule has 1 fully saturated rings. The zero-order valence-electron chi connectivity index (χ0n) is 12.4. The number of ether oxygens (including phenoxy) is 2. The second kappa shape index (κ2) is 5.43. The van der Waals surface area contributed by atoms with Crippen LogP contribution >= 0.6 is 0 Å². The maximum atomic E-state index is 11.8. The molecule has 0 aromatic heterocycles. The largest absolute Gasteiger partial charge is 0.469 e. The summed E-state index contributed by atoms with van der Waals surface area (Å²) in [7, 11) is 2.82. The lowest BCUT2D eigenvalue weighted by atomic mass is 9.73. The quantitative estimate of drug-likeness (QED) is 0.575. The van der Waals surface area contributed by atoms with Gasteiger partial charge >= 0.3 is 11.9 Å². The fraction of sp³-hybridized carbons (Fsp3) is 0.625. The van der Waals surface area contributed by atoms with Crippen LogP contribution in [0.25, 0.3) is 0 Å². The van der Waals surface area contributed by atoms with Crippen molar-refractivity contribution in [3.8, 4) is 0 Å². The van der Waals surface area contributed by atoms with Gasteiger partial charge in [-0.15, -0.1) is 0 Å². The summed E-state index contributed by atoms with van der Waals surface area (Å²) in [5.74, 6) is -0.273. The molecule has 2 aliphatic carbocycles. The third-order valence-electron chi connectivity index (χ3n) is 4.75. The zero-order chi connectivity index (χ0) is 14.9. The first-order chi connectivity index (χ1) is 9.41. The molecule has 0 aliphatic heterocycles. The fourth-order valence-electron chi connectivity index (χ4n) is 3.75. The number of methoxy groups -OCH3 is 2. The highest BCUT2D eigenvalue weighted by Gasteiger charge is 2.49. The predicted octanol–water partition coefficient (Wildman–Crippen LogP) is 2.64. The van der Waals surface area contributed by atoms with Crippen LogP contribution in [0.3, 0.4) is 0 Å². The molecule has 0 heterocycles. The van der Waals surface area contributed by atoms with Crippen molar-refractivity contribution in [3.05, 3.63) is 23.8 Å². The maximum Gasteiger partial charge on any atom is 0.333 e. The van der Waals surface area contributed by atoms with Gasteiger partial charge in [0.2, 0.25) is 0 Å². The molecule has 0 aromatic carbocycles. The Bertz CT molecular complexity index is 477. The van der Waals surface area contributed by atoms with Crippen LogP contribution in [-0.4, -0.2) is 26.2 Å². The van der Waals surface area contributed by atoms with Gasteiger partial charge in [-0.25, -0.2) is 4.79 Å². The summed E-state index contributed by atoms with van der Waals surface area (Å²) in [6.07, 6.45) is 4.74. The van der Waals surface area contributed by atoms with Crippen molar-refractivity contribution in [3.63, 3.8) is 0 Å². The lowest BCUT2D eigenvalue weighted by Crippen LogP contribution is -2.24. The Balaban J connectivity index is 2.26. The number of hydrogen-bond donors (Lipinski definition) is 0. The van der Waals surface area contributed by atoms with E-state index in [4.69, 9.17) is 9.47 Å². The summed E-state index contributed by atoms with van der Waals surface area (Å²) in [4.78, 5) is 23.6. The lowest BCUT2D eigenvalue weighted by molar-refractivity contribution is -0.145. The van der Waals surface area contributed by atoms with Crippen molar-refractivity contribution in [2.45, 2.75) is 32.6 Å². The first-order valence-electron chi connectivity index (χ1n) is 6.94. The molecule has 20 heavy (non-hydrogen) atoms. The van der Waals surface area contributed by atoms with E-state index in [1.165, 1.54) is 14.2 Å². The summed E-state index contributed by atoms with van der Waals surface area (Å²) >= 11 is 0. The fourth-order valence-corrected chi connectivity index (χ4v) is 3.75. The molecule has 0 spiro atoms. The van der Waals surface area contributed by atoms with Crippen molar-refractivity contribution in [1.29, 1.82) is 0 Å². The van der Waals surface area contributed by atoms with Crippen LogP contribution in [0.15, 0.2) is 23.8 Å². The molecule has 4 nitrogen and oxygen atoms in total. The van der Waals surface area contributed by atoms with E-state index in [-0.39, 0.29) is 29.2 Å². The Hall–Kier alpha value is -1.58. The summed E-state index contributed by atoms with van der Waals surface area (Å²) in [6, 6.07) is 0. The molecule has 4 heteroatoms. The van der Waals surface area contributed by atoms with Gasteiger partial charge < -0.3 is 9.47 Å². The molecule has 0 bridgehead atoms. The third kappa shape index (κ3) is 2.51. The second-order valence-corrected chi connectivity index (χ2v) is 6.13. The molecular weight excluding hydrogens is 256 g/mol. The number of fused-ring (bicyclic) bond motifs is 1. The number of hydrogen-bond acceptors (Lipinski definition) is 4. The Kier molecular flexibility index (Phi) is 4.02. The molecule has 0 amide bonds. The van der Waals surface area contributed by atoms with Gasteiger partial charge in [-0.2, -0.15) is 0 Å². The molecule has 0 N–H and O–H groups in total. The van der Waals surface area contributed by atoms with E-state index in [0.29, 0.717) is 18.4 Å². The van der Waals surface area contributed by atoms with Gasteiger partial charge in [0.25, 0.3) is 0 Å². The summed E-state index contributed by atoms with van der Waals surface area (Å²) < 4.78 is 9.71. The topological polar surface area (TPSA) is 52.6 Å². The van der Waals surface area contributed by atoms with E-state index in [2.05, 4.69) is 13.5 Å². The van der Waals surface area contributed by atoms with Crippen molar-refractivity contribution in [1.82, 2.24) is 0 Å². The minimum Gasteiger partial charge on any atom is -0.469 e. The van der Waals surface area contributed by atoms with Gasteiger partial charge in [0.1, 0.15) is 0 Å². The molecule has 110 valence electrons. The Morgan fingerprint density at radius 1 is 1.35 bits per heavy atom. The van der Waals surface area contributed by atoms with Crippen LogP contribution in [-0.2, 0) is 19.1 Å². The Morgan fingerprint density at radius 2 is 2.05 bits per heavy atom. The van der Waals surface area contributed by atoms with Crippen LogP contribution in [0.5, 0.6) is 0 Å². The molecule has 3 atom stereocenters. The van der Waals surface area contributed by atoms with E-state index in [9.17, 15) is 9.59 Å². The molecule has 2 aliphatic rings. The highest BCUT2D eigenvalue weighted by molar-refractivity contribution is 5.88. The number of esters is 2. The number of carbonyl (C=O) groups is 2. The monoisotopic (exact) mass is 278 g/mol. The minimum absolute atomic E-state index is 0.0938. The smallest absolute Gasteiger partial charge is 0.333 e. The minimum atomic E-state index is -0.277. The van der Waals surface area contributed by atoms with Crippen LogP contribution in [0.2, 0.25) is 0 Å². The first-order valence-corrected chi connectivity index (χ1v) is 6.94. The molecule has 0 radical (unpaired) electrons. The van der Waals surface area contributed by atoms with E-state index >= 15 is 0 Å². The highest BCUT2D eigenvalue weighted by atomic mass is 16.5. The standard InChI is InChI=1S/C16H22O4/c1-10-5-6-11(14(17)19-3)8-16(2)9-12(7-13(10)16)15(18)20-4/h6,12-13H,1,5,7-9H2,2-4H3/t12?,13-,16-/m1/s1. The van der Waals surface area contributed by atoms with Crippen molar-refractivity contribution in [2.75, 3.05) is 14.2 Å². The van der Waals surface area contributed by atoms with Gasteiger partial charge in [0.05, 0.1) is 20.1 Å². The third-order valence-corrected chi connectivity index (χ3v) is 4.75. The summed E-state index contributed by atoms with van der Waals surface area (Å²) in [5.41, 5.74) is 1.67. The van der Waals surface area contributed by atoms with E-state index in [0.717, 1.165) is 18.4 Å². The Labute approximate surface area is 119 Å². The van der Waals surface area contributed by atoms with E-state index in [1.54, 1.807) is 0 Å². The average molecular weight is 278 g/mol. The molecule has 1 saturated carbocycles. The van der Waals surface area contributed by atoms with Crippen LogP contribution in [0.1, 0.15) is 32.6 Å². The van der Waals surface area contributed by atoms with Crippen molar-refractivity contribution >= 4 is 11.9 Å². The van der Waals surface area contributed by atoms with Gasteiger partial charge in [-0.05, 0) is 37.0 Å². The molecule has 1 unspecified atom stereocenters. The number of allylic oxidation sites excluding steroid dienone is 2. The van der Waals surface area contributed by atoms with Crippen LogP contribution < -0.4 is 0 Å². The molecule has 0 aromatic rings. The van der Waals surface area contributed by atoms with Crippen molar-refractivity contribution in [2.24, 2.45) is 17.3 Å². The summed E-state index contributed by atoms with van der Waals surface area (Å²) in [6.45, 7) is 6.29. The molecule has 0 saturated heterocycles. The predicted molar refractivity (Wildman–Crippen MR) is 74.8 cm³/mol.